The Balaban J connectivity index is 1.67. The first-order chi connectivity index (χ1) is 16.8. The average molecular weight is 496 g/mol. The van der Waals surface area contributed by atoms with Gasteiger partial charge in [0.2, 0.25) is 0 Å². The molecule has 0 heterocycles. The van der Waals surface area contributed by atoms with E-state index >= 15 is 0 Å². The summed E-state index contributed by atoms with van der Waals surface area (Å²) in [4.78, 5) is 27.1. The van der Waals surface area contributed by atoms with Crippen LogP contribution in [0.25, 0.3) is 0 Å². The zero-order valence-corrected chi connectivity index (χ0v) is 20.8. The molecule has 2 amide bonds. The second kappa shape index (κ2) is 11.5. The van der Waals surface area contributed by atoms with Crippen molar-refractivity contribution in [1.29, 1.82) is 0 Å². The first-order valence-corrected chi connectivity index (χ1v) is 12.8. The lowest BCUT2D eigenvalue weighted by atomic mass is 10.1. The molecule has 0 fully saturated rings. The van der Waals surface area contributed by atoms with E-state index < -0.39 is 10.0 Å². The molecule has 9 heteroatoms. The van der Waals surface area contributed by atoms with Crippen molar-refractivity contribution in [1.82, 2.24) is 4.90 Å². The number of hydrogen-bond acceptors (Lipinski definition) is 5. The molecule has 0 bridgehead atoms. The van der Waals surface area contributed by atoms with Gasteiger partial charge in [-0.1, -0.05) is 6.07 Å². The predicted molar refractivity (Wildman–Crippen MR) is 137 cm³/mol. The number of amides is 2. The lowest BCUT2D eigenvalue weighted by molar-refractivity contribution is 0.0772. The fourth-order valence-electron chi connectivity index (χ4n) is 3.41. The minimum Gasteiger partial charge on any atom is -0.494 e. The number of ether oxygens (including phenoxy) is 1. The van der Waals surface area contributed by atoms with Gasteiger partial charge >= 0.3 is 0 Å². The van der Waals surface area contributed by atoms with E-state index in [0.717, 1.165) is 0 Å². The van der Waals surface area contributed by atoms with Gasteiger partial charge in [0.05, 0.1) is 11.5 Å². The largest absolute Gasteiger partial charge is 0.494 e. The Morgan fingerprint density at radius 2 is 1.49 bits per heavy atom. The number of carbonyl (C=O) groups is 2. The highest BCUT2D eigenvalue weighted by Gasteiger charge is 2.16. The summed E-state index contributed by atoms with van der Waals surface area (Å²) in [6, 6.07) is 19.0. The van der Waals surface area contributed by atoms with E-state index in [9.17, 15) is 18.0 Å². The number of rotatable bonds is 10. The highest BCUT2D eigenvalue weighted by Crippen LogP contribution is 2.20. The Labute approximate surface area is 206 Å². The van der Waals surface area contributed by atoms with Gasteiger partial charge in [0.15, 0.2) is 0 Å². The topological polar surface area (TPSA) is 105 Å². The minimum atomic E-state index is -3.79. The molecular weight excluding hydrogens is 466 g/mol. The number of nitrogens with one attached hydrogen (secondary N) is 2. The summed E-state index contributed by atoms with van der Waals surface area (Å²) in [7, 11) is -3.79. The standard InChI is InChI=1S/C26H29N3O5S/c1-4-29(5-2)26(31)20-8-7-9-22(18-20)27-25(30)19-10-12-21(13-11-19)28-35(32,33)24-16-14-23(15-17-24)34-6-3/h7-18,28H,4-6H2,1-3H3,(H,27,30). The lowest BCUT2D eigenvalue weighted by Gasteiger charge is -2.19. The van der Waals surface area contributed by atoms with Crippen molar-refractivity contribution in [3.63, 3.8) is 0 Å². The van der Waals surface area contributed by atoms with E-state index in [1.165, 1.54) is 36.4 Å². The van der Waals surface area contributed by atoms with Crippen molar-refractivity contribution in [2.75, 3.05) is 29.7 Å². The summed E-state index contributed by atoms with van der Waals surface area (Å²) < 4.78 is 33.1. The molecule has 35 heavy (non-hydrogen) atoms. The third-order valence-corrected chi connectivity index (χ3v) is 6.66. The summed E-state index contributed by atoms with van der Waals surface area (Å²) in [5.74, 6) is 0.110. The molecule has 2 N–H and O–H groups in total. The van der Waals surface area contributed by atoms with Crippen LogP contribution in [0.5, 0.6) is 5.75 Å². The molecule has 0 aliphatic rings. The third-order valence-electron chi connectivity index (χ3n) is 5.26. The Morgan fingerprint density at radius 3 is 2.09 bits per heavy atom. The number of sulfonamides is 1. The van der Waals surface area contributed by atoms with Crippen molar-refractivity contribution < 1.29 is 22.7 Å². The number of carbonyl (C=O) groups excluding carboxylic acids is 2. The smallest absolute Gasteiger partial charge is 0.261 e. The molecule has 0 unspecified atom stereocenters. The molecule has 0 radical (unpaired) electrons. The van der Waals surface area contributed by atoms with Gasteiger partial charge in [-0.05, 0) is 87.5 Å². The molecule has 184 valence electrons. The minimum absolute atomic E-state index is 0.0990. The summed E-state index contributed by atoms with van der Waals surface area (Å²) in [6.45, 7) is 7.36. The summed E-state index contributed by atoms with van der Waals surface area (Å²) in [5.41, 5.74) is 1.65. The van der Waals surface area contributed by atoms with Crippen molar-refractivity contribution in [2.24, 2.45) is 0 Å². The Bertz CT molecular complexity index is 1270. The maximum Gasteiger partial charge on any atom is 0.261 e. The van der Waals surface area contributed by atoms with Crippen molar-refractivity contribution >= 4 is 33.2 Å². The molecule has 0 saturated carbocycles. The number of anilines is 2. The molecule has 0 aromatic heterocycles. The second-order valence-electron chi connectivity index (χ2n) is 7.60. The van der Waals surface area contributed by atoms with Gasteiger partial charge in [-0.25, -0.2) is 8.42 Å². The molecular formula is C26H29N3O5S. The van der Waals surface area contributed by atoms with E-state index in [1.54, 1.807) is 41.3 Å². The molecule has 0 atom stereocenters. The van der Waals surface area contributed by atoms with Gasteiger partial charge in [0.25, 0.3) is 21.8 Å². The van der Waals surface area contributed by atoms with Crippen LogP contribution >= 0.6 is 0 Å². The average Bonchev–Trinajstić information content (AvgIpc) is 2.85. The van der Waals surface area contributed by atoms with Crippen molar-refractivity contribution in [2.45, 2.75) is 25.7 Å². The zero-order chi connectivity index (χ0) is 25.4. The van der Waals surface area contributed by atoms with Crippen LogP contribution in [0.2, 0.25) is 0 Å². The van der Waals surface area contributed by atoms with Crippen LogP contribution in [0.3, 0.4) is 0 Å². The number of hydrogen-bond donors (Lipinski definition) is 2. The van der Waals surface area contributed by atoms with Crippen LogP contribution in [0, 0.1) is 0 Å². The van der Waals surface area contributed by atoms with Gasteiger partial charge in [-0.15, -0.1) is 0 Å². The first-order valence-electron chi connectivity index (χ1n) is 11.3. The molecule has 3 aromatic rings. The fraction of sp³-hybridized carbons (Fsp3) is 0.231. The number of nitrogens with zero attached hydrogens (tertiary/aromatic N) is 1. The maximum atomic E-state index is 12.7. The molecule has 0 spiro atoms. The second-order valence-corrected chi connectivity index (χ2v) is 9.28. The molecule has 0 aliphatic carbocycles. The van der Waals surface area contributed by atoms with E-state index in [2.05, 4.69) is 10.0 Å². The van der Waals surface area contributed by atoms with Crippen LogP contribution in [0.4, 0.5) is 11.4 Å². The molecule has 0 saturated heterocycles. The number of benzene rings is 3. The SMILES string of the molecule is CCOc1ccc(S(=O)(=O)Nc2ccc(C(=O)Nc3cccc(C(=O)N(CC)CC)c3)cc2)cc1. The summed E-state index contributed by atoms with van der Waals surface area (Å²) in [6.07, 6.45) is 0. The van der Waals surface area contributed by atoms with Gasteiger partial charge in [0.1, 0.15) is 5.75 Å². The predicted octanol–water partition coefficient (Wildman–Crippen LogP) is 4.62. The molecule has 3 rings (SSSR count). The Morgan fingerprint density at radius 1 is 0.829 bits per heavy atom. The van der Waals surface area contributed by atoms with Crippen LogP contribution in [0.1, 0.15) is 41.5 Å². The van der Waals surface area contributed by atoms with Crippen LogP contribution < -0.4 is 14.8 Å². The highest BCUT2D eigenvalue weighted by atomic mass is 32.2. The Kier molecular flexibility index (Phi) is 8.48. The van der Waals surface area contributed by atoms with Crippen molar-refractivity contribution in [3.05, 3.63) is 83.9 Å². The fourth-order valence-corrected chi connectivity index (χ4v) is 4.47. The normalized spacial score (nSPS) is 10.9. The quantitative estimate of drug-likeness (QED) is 0.427. The monoisotopic (exact) mass is 495 g/mol. The van der Waals surface area contributed by atoms with Crippen LogP contribution in [-0.4, -0.2) is 44.8 Å². The highest BCUT2D eigenvalue weighted by molar-refractivity contribution is 7.92. The van der Waals surface area contributed by atoms with E-state index in [0.29, 0.717) is 47.9 Å². The summed E-state index contributed by atoms with van der Waals surface area (Å²) in [5, 5.41) is 2.78. The van der Waals surface area contributed by atoms with Crippen LogP contribution in [-0.2, 0) is 10.0 Å². The van der Waals surface area contributed by atoms with Gasteiger partial charge in [0, 0.05) is 35.6 Å². The van der Waals surface area contributed by atoms with E-state index in [4.69, 9.17) is 4.74 Å². The lowest BCUT2D eigenvalue weighted by Crippen LogP contribution is -2.30. The van der Waals surface area contributed by atoms with Gasteiger partial charge in [-0.2, -0.15) is 0 Å². The third kappa shape index (κ3) is 6.60. The zero-order valence-electron chi connectivity index (χ0n) is 19.9. The summed E-state index contributed by atoms with van der Waals surface area (Å²) >= 11 is 0. The molecule has 0 aliphatic heterocycles. The van der Waals surface area contributed by atoms with E-state index in [-0.39, 0.29) is 16.7 Å². The maximum absolute atomic E-state index is 12.7. The molecule has 8 nitrogen and oxygen atoms in total. The molecule has 3 aromatic carbocycles. The first kappa shape index (κ1) is 25.8. The van der Waals surface area contributed by atoms with E-state index in [1.807, 2.05) is 20.8 Å². The Hall–Kier alpha value is -3.85. The van der Waals surface area contributed by atoms with Gasteiger partial charge in [-0.3, -0.25) is 14.3 Å². The van der Waals surface area contributed by atoms with Crippen molar-refractivity contribution in [3.8, 4) is 5.75 Å². The van der Waals surface area contributed by atoms with Crippen LogP contribution in [0.15, 0.2) is 77.7 Å². The van der Waals surface area contributed by atoms with Gasteiger partial charge < -0.3 is 15.0 Å².